The lowest BCUT2D eigenvalue weighted by Gasteiger charge is -2.25. The van der Waals surface area contributed by atoms with Gasteiger partial charge in [0, 0.05) is 0 Å². The Balaban J connectivity index is 3.60. The Kier molecular flexibility index (Phi) is 3.98. The molecule has 92 valence electrons. The Bertz CT molecular complexity index is 428. The first kappa shape index (κ1) is 13.8. The molecule has 0 aliphatic heterocycles. The molecule has 0 spiro atoms. The summed E-state index contributed by atoms with van der Waals surface area (Å²) in [6.07, 6.45) is 3.92. The van der Waals surface area contributed by atoms with Gasteiger partial charge in [-0.15, -0.1) is 0 Å². The van der Waals surface area contributed by atoms with Crippen molar-refractivity contribution in [2.75, 3.05) is 0 Å². The van der Waals surface area contributed by atoms with Crippen LogP contribution in [0, 0.1) is 0 Å². The van der Waals surface area contributed by atoms with Crippen LogP contribution < -0.4 is 0 Å². The molecule has 0 heterocycles. The SMILES string of the molecule is C=Cc1c(C(C)C)ccc(C(C)(C)C)c1C=C. The lowest BCUT2D eigenvalue weighted by molar-refractivity contribution is 0.588. The zero-order chi connectivity index (χ0) is 13.2. The van der Waals surface area contributed by atoms with E-state index in [4.69, 9.17) is 0 Å². The first-order valence-electron chi connectivity index (χ1n) is 6.25. The molecular formula is C17H24. The van der Waals surface area contributed by atoms with Crippen LogP contribution in [0.4, 0.5) is 0 Å². The number of benzene rings is 1. The van der Waals surface area contributed by atoms with Crippen molar-refractivity contribution in [3.05, 3.63) is 47.5 Å². The molecule has 0 bridgehead atoms. The van der Waals surface area contributed by atoms with Crippen molar-refractivity contribution in [1.82, 2.24) is 0 Å². The van der Waals surface area contributed by atoms with Crippen LogP contribution >= 0.6 is 0 Å². The highest BCUT2D eigenvalue weighted by Gasteiger charge is 2.20. The molecule has 0 fully saturated rings. The summed E-state index contributed by atoms with van der Waals surface area (Å²) < 4.78 is 0. The van der Waals surface area contributed by atoms with Crippen LogP contribution in [-0.2, 0) is 5.41 Å². The molecule has 0 aliphatic carbocycles. The maximum absolute atomic E-state index is 3.97. The molecule has 0 nitrogen and oxygen atoms in total. The lowest BCUT2D eigenvalue weighted by atomic mass is 9.79. The molecule has 0 radical (unpaired) electrons. The van der Waals surface area contributed by atoms with E-state index in [-0.39, 0.29) is 5.41 Å². The van der Waals surface area contributed by atoms with Gasteiger partial charge in [-0.05, 0) is 33.6 Å². The highest BCUT2D eigenvalue weighted by Crippen LogP contribution is 2.33. The van der Waals surface area contributed by atoms with E-state index in [2.05, 4.69) is 59.9 Å². The second-order valence-electron chi connectivity index (χ2n) is 5.84. The van der Waals surface area contributed by atoms with Gasteiger partial charge in [-0.25, -0.2) is 0 Å². The quantitative estimate of drug-likeness (QED) is 0.650. The normalized spacial score (nSPS) is 11.6. The zero-order valence-electron chi connectivity index (χ0n) is 11.8. The molecule has 0 amide bonds. The Labute approximate surface area is 106 Å². The highest BCUT2D eigenvalue weighted by atomic mass is 14.2. The van der Waals surface area contributed by atoms with Gasteiger partial charge in [0.25, 0.3) is 0 Å². The van der Waals surface area contributed by atoms with E-state index in [1.807, 2.05) is 12.2 Å². The van der Waals surface area contributed by atoms with E-state index in [0.29, 0.717) is 5.92 Å². The summed E-state index contributed by atoms with van der Waals surface area (Å²) in [5.41, 5.74) is 5.30. The van der Waals surface area contributed by atoms with Gasteiger partial charge < -0.3 is 0 Å². The molecule has 0 heteroatoms. The number of hydrogen-bond donors (Lipinski definition) is 0. The lowest BCUT2D eigenvalue weighted by Crippen LogP contribution is -2.14. The summed E-state index contributed by atoms with van der Waals surface area (Å²) in [7, 11) is 0. The third-order valence-corrected chi connectivity index (χ3v) is 3.16. The van der Waals surface area contributed by atoms with Gasteiger partial charge in [0.15, 0.2) is 0 Å². The Morgan fingerprint density at radius 2 is 1.53 bits per heavy atom. The summed E-state index contributed by atoms with van der Waals surface area (Å²) in [6, 6.07) is 4.47. The molecule has 0 saturated carbocycles. The van der Waals surface area contributed by atoms with Crippen molar-refractivity contribution < 1.29 is 0 Å². The summed E-state index contributed by atoms with van der Waals surface area (Å²) >= 11 is 0. The van der Waals surface area contributed by atoms with Crippen LogP contribution in [0.1, 0.15) is 62.8 Å². The van der Waals surface area contributed by atoms with Gasteiger partial charge in [-0.1, -0.05) is 72.1 Å². The van der Waals surface area contributed by atoms with Crippen LogP contribution in [-0.4, -0.2) is 0 Å². The Hall–Kier alpha value is -1.30. The molecule has 1 aromatic carbocycles. The van der Waals surface area contributed by atoms with Crippen LogP contribution in [0.15, 0.2) is 25.3 Å². The fourth-order valence-corrected chi connectivity index (χ4v) is 2.26. The van der Waals surface area contributed by atoms with Crippen molar-refractivity contribution in [3.63, 3.8) is 0 Å². The van der Waals surface area contributed by atoms with Crippen molar-refractivity contribution in [3.8, 4) is 0 Å². The number of hydrogen-bond acceptors (Lipinski definition) is 0. The van der Waals surface area contributed by atoms with Crippen molar-refractivity contribution in [2.24, 2.45) is 0 Å². The zero-order valence-corrected chi connectivity index (χ0v) is 11.8. The van der Waals surface area contributed by atoms with E-state index >= 15 is 0 Å². The molecule has 0 N–H and O–H groups in total. The second-order valence-corrected chi connectivity index (χ2v) is 5.84. The highest BCUT2D eigenvalue weighted by molar-refractivity contribution is 5.70. The monoisotopic (exact) mass is 228 g/mol. The molecule has 0 unspecified atom stereocenters. The van der Waals surface area contributed by atoms with Crippen molar-refractivity contribution >= 4 is 12.2 Å². The smallest absolute Gasteiger partial charge is 0.0126 e. The molecule has 17 heavy (non-hydrogen) atoms. The van der Waals surface area contributed by atoms with Crippen LogP contribution in [0.5, 0.6) is 0 Å². The minimum Gasteiger partial charge on any atom is -0.0984 e. The number of rotatable bonds is 3. The summed E-state index contributed by atoms with van der Waals surface area (Å²) in [4.78, 5) is 0. The minimum absolute atomic E-state index is 0.136. The second kappa shape index (κ2) is 4.91. The van der Waals surface area contributed by atoms with E-state index in [0.717, 1.165) is 0 Å². The molecule has 1 rings (SSSR count). The summed E-state index contributed by atoms with van der Waals surface area (Å²) in [6.45, 7) is 19.1. The van der Waals surface area contributed by atoms with E-state index in [1.54, 1.807) is 0 Å². The Morgan fingerprint density at radius 3 is 1.88 bits per heavy atom. The summed E-state index contributed by atoms with van der Waals surface area (Å²) in [5.74, 6) is 0.510. The largest absolute Gasteiger partial charge is 0.0984 e. The van der Waals surface area contributed by atoms with Crippen molar-refractivity contribution in [1.29, 1.82) is 0 Å². The van der Waals surface area contributed by atoms with Gasteiger partial charge in [0.2, 0.25) is 0 Å². The topological polar surface area (TPSA) is 0 Å². The van der Waals surface area contributed by atoms with Crippen molar-refractivity contribution in [2.45, 2.75) is 46.0 Å². The van der Waals surface area contributed by atoms with Gasteiger partial charge in [0.1, 0.15) is 0 Å². The predicted octanol–water partition coefficient (Wildman–Crippen LogP) is 5.39. The average Bonchev–Trinajstić information content (AvgIpc) is 2.25. The fraction of sp³-hybridized carbons (Fsp3) is 0.412. The molecular weight excluding hydrogens is 204 g/mol. The van der Waals surface area contributed by atoms with E-state index < -0.39 is 0 Å². The maximum Gasteiger partial charge on any atom is -0.0126 e. The average molecular weight is 228 g/mol. The third-order valence-electron chi connectivity index (χ3n) is 3.16. The standard InChI is InChI=1S/C17H24/c1-8-13-14(9-2)16(17(5,6)7)11-10-15(13)12(3)4/h8-12H,1-2H2,3-7H3. The first-order chi connectivity index (χ1) is 7.82. The van der Waals surface area contributed by atoms with Crippen LogP contribution in [0.25, 0.3) is 12.2 Å². The molecule has 0 aliphatic rings. The third kappa shape index (κ3) is 2.69. The summed E-state index contributed by atoms with van der Waals surface area (Å²) in [5, 5.41) is 0. The maximum atomic E-state index is 3.97. The van der Waals surface area contributed by atoms with E-state index in [9.17, 15) is 0 Å². The first-order valence-corrected chi connectivity index (χ1v) is 6.25. The molecule has 0 saturated heterocycles. The fourth-order valence-electron chi connectivity index (χ4n) is 2.26. The van der Waals surface area contributed by atoms with E-state index in [1.165, 1.54) is 22.3 Å². The van der Waals surface area contributed by atoms with Gasteiger partial charge >= 0.3 is 0 Å². The van der Waals surface area contributed by atoms with Crippen LogP contribution in [0.2, 0.25) is 0 Å². The Morgan fingerprint density at radius 1 is 1.00 bits per heavy atom. The molecule has 0 atom stereocenters. The predicted molar refractivity (Wildman–Crippen MR) is 79.4 cm³/mol. The van der Waals surface area contributed by atoms with Gasteiger partial charge in [0.05, 0.1) is 0 Å². The van der Waals surface area contributed by atoms with Crippen LogP contribution in [0.3, 0.4) is 0 Å². The molecule has 0 aromatic heterocycles. The van der Waals surface area contributed by atoms with Gasteiger partial charge in [-0.2, -0.15) is 0 Å². The minimum atomic E-state index is 0.136. The molecule has 1 aromatic rings. The van der Waals surface area contributed by atoms with Gasteiger partial charge in [-0.3, -0.25) is 0 Å².